The molecule has 0 aromatic carbocycles. The van der Waals surface area contributed by atoms with E-state index in [4.69, 9.17) is 0 Å². The monoisotopic (exact) mass is 170 g/mol. The molecule has 1 nitrogen and oxygen atoms in total. The lowest BCUT2D eigenvalue weighted by atomic mass is 9.98. The van der Waals surface area contributed by atoms with Crippen molar-refractivity contribution in [1.82, 2.24) is 0 Å². The molecule has 1 N–H and O–H groups in total. The van der Waals surface area contributed by atoms with Crippen molar-refractivity contribution in [2.24, 2.45) is 5.92 Å². The maximum atomic E-state index is 9.55. The normalized spacial score (nSPS) is 29.5. The van der Waals surface area contributed by atoms with Crippen LogP contribution in [0.2, 0.25) is 0 Å². The Morgan fingerprint density at radius 1 is 1.17 bits per heavy atom. The minimum Gasteiger partial charge on any atom is -0.393 e. The van der Waals surface area contributed by atoms with Crippen molar-refractivity contribution in [2.45, 2.75) is 64.4 Å². The molecule has 0 bridgehead atoms. The van der Waals surface area contributed by atoms with E-state index in [-0.39, 0.29) is 6.10 Å². The first-order valence-electron chi connectivity index (χ1n) is 5.52. The number of hydrogen-bond donors (Lipinski definition) is 1. The maximum absolute atomic E-state index is 9.55. The van der Waals surface area contributed by atoms with Gasteiger partial charge in [-0.15, -0.1) is 0 Å². The van der Waals surface area contributed by atoms with Crippen LogP contribution in [-0.2, 0) is 0 Å². The van der Waals surface area contributed by atoms with E-state index < -0.39 is 0 Å². The molecule has 72 valence electrons. The second-order valence-electron chi connectivity index (χ2n) is 4.11. The summed E-state index contributed by atoms with van der Waals surface area (Å²) < 4.78 is 0. The smallest absolute Gasteiger partial charge is 0.0568 e. The SMILES string of the molecule is CCCCCC[C@H]1CCC[C@@H]1O. The molecule has 1 aliphatic carbocycles. The van der Waals surface area contributed by atoms with Crippen molar-refractivity contribution in [1.29, 1.82) is 0 Å². The molecule has 1 heteroatoms. The fourth-order valence-corrected chi connectivity index (χ4v) is 2.19. The lowest BCUT2D eigenvalue weighted by Crippen LogP contribution is -2.12. The summed E-state index contributed by atoms with van der Waals surface area (Å²) in [6.45, 7) is 2.24. The summed E-state index contributed by atoms with van der Waals surface area (Å²) in [5.74, 6) is 0.641. The topological polar surface area (TPSA) is 20.2 Å². The minimum absolute atomic E-state index is 0.0339. The lowest BCUT2D eigenvalue weighted by Gasteiger charge is -2.13. The molecule has 0 aromatic heterocycles. The zero-order valence-electron chi connectivity index (χ0n) is 8.26. The van der Waals surface area contributed by atoms with Crippen molar-refractivity contribution >= 4 is 0 Å². The lowest BCUT2D eigenvalue weighted by molar-refractivity contribution is 0.126. The fraction of sp³-hybridized carbons (Fsp3) is 1.00. The van der Waals surface area contributed by atoms with E-state index in [0.717, 1.165) is 6.42 Å². The molecule has 1 fully saturated rings. The zero-order chi connectivity index (χ0) is 8.81. The maximum Gasteiger partial charge on any atom is 0.0568 e. The molecule has 12 heavy (non-hydrogen) atoms. The zero-order valence-corrected chi connectivity index (χ0v) is 8.26. The van der Waals surface area contributed by atoms with Gasteiger partial charge in [0, 0.05) is 0 Å². The molecule has 0 aromatic rings. The Labute approximate surface area is 76.2 Å². The summed E-state index contributed by atoms with van der Waals surface area (Å²) in [4.78, 5) is 0. The van der Waals surface area contributed by atoms with Gasteiger partial charge in [0.05, 0.1) is 6.10 Å². The average molecular weight is 170 g/mol. The quantitative estimate of drug-likeness (QED) is 0.628. The molecule has 1 aliphatic rings. The molecule has 0 spiro atoms. The molecular formula is C11H22O. The Bertz CT molecular complexity index is 112. The number of rotatable bonds is 5. The highest BCUT2D eigenvalue weighted by Crippen LogP contribution is 2.29. The Morgan fingerprint density at radius 2 is 2.00 bits per heavy atom. The molecule has 0 saturated heterocycles. The van der Waals surface area contributed by atoms with E-state index in [2.05, 4.69) is 6.92 Å². The molecule has 0 heterocycles. The number of aliphatic hydroxyl groups excluding tert-OH is 1. The van der Waals surface area contributed by atoms with Crippen molar-refractivity contribution in [3.8, 4) is 0 Å². The summed E-state index contributed by atoms with van der Waals surface area (Å²) in [5.41, 5.74) is 0. The van der Waals surface area contributed by atoms with Crippen LogP contribution in [0.1, 0.15) is 58.3 Å². The van der Waals surface area contributed by atoms with Gasteiger partial charge in [-0.3, -0.25) is 0 Å². The summed E-state index contributed by atoms with van der Waals surface area (Å²) in [7, 11) is 0. The van der Waals surface area contributed by atoms with Crippen LogP contribution in [-0.4, -0.2) is 11.2 Å². The van der Waals surface area contributed by atoms with Crippen molar-refractivity contribution in [3.63, 3.8) is 0 Å². The van der Waals surface area contributed by atoms with Gasteiger partial charge >= 0.3 is 0 Å². The molecule has 0 amide bonds. The highest BCUT2D eigenvalue weighted by atomic mass is 16.3. The van der Waals surface area contributed by atoms with Gasteiger partial charge in [-0.2, -0.15) is 0 Å². The Morgan fingerprint density at radius 3 is 2.58 bits per heavy atom. The van der Waals surface area contributed by atoms with Crippen LogP contribution in [0.3, 0.4) is 0 Å². The van der Waals surface area contributed by atoms with Gasteiger partial charge in [0.25, 0.3) is 0 Å². The first-order valence-corrected chi connectivity index (χ1v) is 5.52. The molecule has 0 radical (unpaired) electrons. The highest BCUT2D eigenvalue weighted by Gasteiger charge is 2.23. The second-order valence-corrected chi connectivity index (χ2v) is 4.11. The van der Waals surface area contributed by atoms with Gasteiger partial charge < -0.3 is 5.11 Å². The van der Waals surface area contributed by atoms with E-state index in [1.54, 1.807) is 0 Å². The van der Waals surface area contributed by atoms with Gasteiger partial charge in [-0.25, -0.2) is 0 Å². The molecule has 0 aliphatic heterocycles. The van der Waals surface area contributed by atoms with Gasteiger partial charge in [0.15, 0.2) is 0 Å². The van der Waals surface area contributed by atoms with Crippen molar-refractivity contribution in [2.75, 3.05) is 0 Å². The van der Waals surface area contributed by atoms with E-state index >= 15 is 0 Å². The van der Waals surface area contributed by atoms with Crippen molar-refractivity contribution < 1.29 is 5.11 Å². The summed E-state index contributed by atoms with van der Waals surface area (Å²) in [6.07, 6.45) is 10.2. The predicted octanol–water partition coefficient (Wildman–Crippen LogP) is 3.12. The van der Waals surface area contributed by atoms with Crippen LogP contribution < -0.4 is 0 Å². The van der Waals surface area contributed by atoms with Crippen LogP contribution in [0.4, 0.5) is 0 Å². The van der Waals surface area contributed by atoms with Crippen LogP contribution in [0.25, 0.3) is 0 Å². The summed E-state index contributed by atoms with van der Waals surface area (Å²) in [5, 5.41) is 9.55. The molecule has 1 saturated carbocycles. The first kappa shape index (κ1) is 10.0. The van der Waals surface area contributed by atoms with Crippen molar-refractivity contribution in [3.05, 3.63) is 0 Å². The molecular weight excluding hydrogens is 148 g/mol. The fourth-order valence-electron chi connectivity index (χ4n) is 2.19. The molecule has 2 atom stereocenters. The van der Waals surface area contributed by atoms with Gasteiger partial charge in [-0.05, 0) is 25.2 Å². The molecule has 1 rings (SSSR count). The van der Waals surface area contributed by atoms with Crippen LogP contribution in [0.5, 0.6) is 0 Å². The average Bonchev–Trinajstić information content (AvgIpc) is 2.46. The van der Waals surface area contributed by atoms with Gasteiger partial charge in [-0.1, -0.05) is 39.0 Å². The number of hydrogen-bond acceptors (Lipinski definition) is 1. The minimum atomic E-state index is 0.0339. The Hall–Kier alpha value is -0.0400. The van der Waals surface area contributed by atoms with Gasteiger partial charge in [0.2, 0.25) is 0 Å². The highest BCUT2D eigenvalue weighted by molar-refractivity contribution is 4.76. The number of aliphatic hydroxyl groups is 1. The van der Waals surface area contributed by atoms with Crippen LogP contribution >= 0.6 is 0 Å². The third kappa shape index (κ3) is 3.14. The predicted molar refractivity (Wildman–Crippen MR) is 52.1 cm³/mol. The Balaban J connectivity index is 1.98. The largest absolute Gasteiger partial charge is 0.393 e. The van der Waals surface area contributed by atoms with E-state index in [0.29, 0.717) is 5.92 Å². The van der Waals surface area contributed by atoms with Gasteiger partial charge in [0.1, 0.15) is 0 Å². The summed E-state index contributed by atoms with van der Waals surface area (Å²) in [6, 6.07) is 0. The second kappa shape index (κ2) is 5.58. The van der Waals surface area contributed by atoms with Crippen LogP contribution in [0, 0.1) is 5.92 Å². The van der Waals surface area contributed by atoms with E-state index in [9.17, 15) is 5.11 Å². The van der Waals surface area contributed by atoms with Crippen LogP contribution in [0.15, 0.2) is 0 Å². The third-order valence-corrected chi connectivity index (χ3v) is 3.05. The van der Waals surface area contributed by atoms with E-state index in [1.807, 2.05) is 0 Å². The first-order chi connectivity index (χ1) is 5.84. The summed E-state index contributed by atoms with van der Waals surface area (Å²) >= 11 is 0. The number of unbranched alkanes of at least 4 members (excludes halogenated alkanes) is 3. The van der Waals surface area contributed by atoms with E-state index in [1.165, 1.54) is 44.9 Å². The molecule has 0 unspecified atom stereocenters. The Kier molecular flexibility index (Phi) is 4.67. The third-order valence-electron chi connectivity index (χ3n) is 3.05. The standard InChI is InChI=1S/C11H22O/c1-2-3-4-5-7-10-8-6-9-11(10)12/h10-12H,2-9H2,1H3/t10-,11-/m0/s1.